The molecule has 2 heterocycles. The summed E-state index contributed by atoms with van der Waals surface area (Å²) in [4.78, 5) is 12.2. The number of alkyl halides is 6. The Labute approximate surface area is 163 Å². The highest BCUT2D eigenvalue weighted by Gasteiger charge is 2.33. The van der Waals surface area contributed by atoms with Gasteiger partial charge in [0.05, 0.1) is 0 Å². The van der Waals surface area contributed by atoms with Crippen LogP contribution in [0.1, 0.15) is 34.6 Å². The van der Waals surface area contributed by atoms with E-state index in [2.05, 4.69) is 15.0 Å². The van der Waals surface area contributed by atoms with E-state index in [9.17, 15) is 0 Å². The Hall–Kier alpha value is 0.0300. The smallest absolute Gasteiger partial charge is 0.250 e. The second-order valence-corrected chi connectivity index (χ2v) is 9.41. The molecule has 2 aromatic heterocycles. The van der Waals surface area contributed by atoms with Crippen molar-refractivity contribution in [2.75, 3.05) is 0 Å². The Balaban J connectivity index is 2.30. The molecule has 0 aliphatic carbocycles. The SMILES string of the molecule is Cc1cc(CCc2nc(C(Cl)(Cl)Cl)nc(C(Cl)(Cl)Cl)n2)oc1C. The van der Waals surface area contributed by atoms with Crippen molar-refractivity contribution in [3.63, 3.8) is 0 Å². The van der Waals surface area contributed by atoms with Crippen LogP contribution in [0.5, 0.6) is 0 Å². The quantitative estimate of drug-likeness (QED) is 0.593. The molecule has 23 heavy (non-hydrogen) atoms. The normalized spacial score (nSPS) is 12.7. The van der Waals surface area contributed by atoms with Gasteiger partial charge in [0.15, 0.2) is 11.6 Å². The van der Waals surface area contributed by atoms with Crippen LogP contribution in [-0.2, 0) is 20.4 Å². The Kier molecular flexibility index (Phi) is 5.98. The molecule has 0 bridgehead atoms. The lowest BCUT2D eigenvalue weighted by Gasteiger charge is -2.15. The summed E-state index contributed by atoms with van der Waals surface area (Å²) in [5, 5.41) is 0. The molecule has 126 valence electrons. The minimum Gasteiger partial charge on any atom is -0.466 e. The zero-order valence-corrected chi connectivity index (χ0v) is 16.5. The monoisotopic (exact) mass is 435 g/mol. The van der Waals surface area contributed by atoms with Crippen molar-refractivity contribution in [1.82, 2.24) is 15.0 Å². The third-order valence-electron chi connectivity index (χ3n) is 3.00. The molecule has 0 saturated carbocycles. The molecule has 0 aromatic carbocycles. The molecule has 2 aromatic rings. The van der Waals surface area contributed by atoms with Gasteiger partial charge in [0.1, 0.15) is 17.3 Å². The van der Waals surface area contributed by atoms with E-state index >= 15 is 0 Å². The van der Waals surface area contributed by atoms with Crippen LogP contribution < -0.4 is 0 Å². The summed E-state index contributed by atoms with van der Waals surface area (Å²) in [5.74, 6) is 1.81. The fourth-order valence-electron chi connectivity index (χ4n) is 1.79. The lowest BCUT2D eigenvalue weighted by atomic mass is 10.2. The number of aromatic nitrogens is 3. The first-order valence-electron chi connectivity index (χ1n) is 6.42. The molecule has 2 rings (SSSR count). The first-order valence-corrected chi connectivity index (χ1v) is 8.69. The van der Waals surface area contributed by atoms with Crippen molar-refractivity contribution < 1.29 is 4.42 Å². The van der Waals surface area contributed by atoms with Gasteiger partial charge in [-0.05, 0) is 25.5 Å². The molecule has 0 unspecified atom stereocenters. The minimum absolute atomic E-state index is 0.0966. The van der Waals surface area contributed by atoms with Gasteiger partial charge in [0.25, 0.3) is 0 Å². The molecule has 0 amide bonds. The molecule has 0 N–H and O–H groups in total. The van der Waals surface area contributed by atoms with Crippen LogP contribution in [0.4, 0.5) is 0 Å². The summed E-state index contributed by atoms with van der Waals surface area (Å²) in [6, 6.07) is 1.95. The Bertz CT molecular complexity index is 653. The van der Waals surface area contributed by atoms with Crippen LogP contribution in [0.2, 0.25) is 0 Å². The number of nitrogens with zero attached hydrogens (tertiary/aromatic N) is 3. The van der Waals surface area contributed by atoms with E-state index in [1.165, 1.54) is 0 Å². The van der Waals surface area contributed by atoms with E-state index in [1.807, 2.05) is 19.9 Å². The van der Waals surface area contributed by atoms with Gasteiger partial charge in [-0.1, -0.05) is 69.6 Å². The van der Waals surface area contributed by atoms with Crippen molar-refractivity contribution in [2.45, 2.75) is 34.3 Å². The standard InChI is InChI=1S/C13H11Cl6N3O/c1-6-5-8(23-7(6)2)3-4-9-20-10(12(14,15)16)22-11(21-9)13(17,18)19/h5H,3-4H2,1-2H3. The molecular formula is C13H11Cl6N3O. The molecule has 0 radical (unpaired) electrons. The van der Waals surface area contributed by atoms with E-state index in [0.717, 1.165) is 17.1 Å². The van der Waals surface area contributed by atoms with Crippen LogP contribution in [0, 0.1) is 13.8 Å². The van der Waals surface area contributed by atoms with Gasteiger partial charge in [-0.2, -0.15) is 0 Å². The third-order valence-corrected chi connectivity index (χ3v) is 4.02. The van der Waals surface area contributed by atoms with Crippen LogP contribution in [0.3, 0.4) is 0 Å². The number of rotatable bonds is 3. The maximum Gasteiger partial charge on any atom is 0.250 e. The van der Waals surface area contributed by atoms with Gasteiger partial charge >= 0.3 is 0 Å². The van der Waals surface area contributed by atoms with E-state index in [1.54, 1.807) is 0 Å². The molecule has 0 atom stereocenters. The minimum atomic E-state index is -1.85. The third kappa shape index (κ3) is 5.25. The van der Waals surface area contributed by atoms with Crippen molar-refractivity contribution >= 4 is 69.6 Å². The van der Waals surface area contributed by atoms with E-state index in [-0.39, 0.29) is 11.6 Å². The van der Waals surface area contributed by atoms with Gasteiger partial charge in [0.2, 0.25) is 7.59 Å². The Morgan fingerprint density at radius 2 is 1.39 bits per heavy atom. The highest BCUT2D eigenvalue weighted by molar-refractivity contribution is 6.67. The molecule has 4 nitrogen and oxygen atoms in total. The zero-order valence-electron chi connectivity index (χ0n) is 12.0. The van der Waals surface area contributed by atoms with Crippen molar-refractivity contribution in [3.8, 4) is 0 Å². The summed E-state index contributed by atoms with van der Waals surface area (Å²) in [6.45, 7) is 3.86. The highest BCUT2D eigenvalue weighted by Crippen LogP contribution is 2.39. The maximum absolute atomic E-state index is 5.82. The number of halogens is 6. The number of furan rings is 1. The van der Waals surface area contributed by atoms with Crippen LogP contribution >= 0.6 is 69.6 Å². The topological polar surface area (TPSA) is 51.8 Å². The Morgan fingerprint density at radius 1 is 0.870 bits per heavy atom. The van der Waals surface area contributed by atoms with Gasteiger partial charge in [0, 0.05) is 12.8 Å². The number of hydrogen-bond acceptors (Lipinski definition) is 4. The molecular weight excluding hydrogens is 427 g/mol. The van der Waals surface area contributed by atoms with Crippen molar-refractivity contribution in [3.05, 3.63) is 40.6 Å². The van der Waals surface area contributed by atoms with Crippen LogP contribution in [-0.4, -0.2) is 15.0 Å². The van der Waals surface area contributed by atoms with E-state index in [0.29, 0.717) is 18.7 Å². The predicted molar refractivity (Wildman–Crippen MR) is 93.9 cm³/mol. The van der Waals surface area contributed by atoms with Crippen LogP contribution in [0.25, 0.3) is 0 Å². The van der Waals surface area contributed by atoms with Gasteiger partial charge in [-0.3, -0.25) is 0 Å². The van der Waals surface area contributed by atoms with E-state index < -0.39 is 7.59 Å². The molecule has 0 aliphatic heterocycles. The van der Waals surface area contributed by atoms with Crippen LogP contribution in [0.15, 0.2) is 10.5 Å². The summed E-state index contributed by atoms with van der Waals surface area (Å²) >= 11 is 34.9. The lowest BCUT2D eigenvalue weighted by molar-refractivity contribution is 0.478. The Morgan fingerprint density at radius 3 is 1.78 bits per heavy atom. The summed E-state index contributed by atoms with van der Waals surface area (Å²) in [7, 11) is 0. The largest absolute Gasteiger partial charge is 0.466 e. The summed E-state index contributed by atoms with van der Waals surface area (Å²) in [6.07, 6.45) is 0.966. The number of aryl methyl sites for hydroxylation is 4. The fraction of sp³-hybridized carbons (Fsp3) is 0.462. The second kappa shape index (κ2) is 7.11. The first kappa shape index (κ1) is 19.4. The van der Waals surface area contributed by atoms with Gasteiger partial charge in [-0.25, -0.2) is 15.0 Å². The summed E-state index contributed by atoms with van der Waals surface area (Å²) < 4.78 is 1.91. The van der Waals surface area contributed by atoms with Crippen molar-refractivity contribution in [1.29, 1.82) is 0 Å². The number of hydrogen-bond donors (Lipinski definition) is 0. The molecule has 0 saturated heterocycles. The highest BCUT2D eigenvalue weighted by atomic mass is 35.6. The second-order valence-electron chi connectivity index (χ2n) is 4.85. The molecule has 0 spiro atoms. The van der Waals surface area contributed by atoms with Gasteiger partial charge < -0.3 is 4.42 Å². The van der Waals surface area contributed by atoms with E-state index in [4.69, 9.17) is 74.0 Å². The van der Waals surface area contributed by atoms with Gasteiger partial charge in [-0.15, -0.1) is 0 Å². The molecule has 10 heteroatoms. The zero-order chi connectivity index (χ0) is 17.4. The average molecular weight is 438 g/mol. The molecule has 0 aliphatic rings. The average Bonchev–Trinajstić information content (AvgIpc) is 2.73. The summed E-state index contributed by atoms with van der Waals surface area (Å²) in [5.41, 5.74) is 1.07. The first-order chi connectivity index (χ1) is 10.5. The maximum atomic E-state index is 5.82. The fourth-order valence-corrected chi connectivity index (χ4v) is 2.30. The van der Waals surface area contributed by atoms with Crippen molar-refractivity contribution in [2.24, 2.45) is 0 Å². The molecule has 0 fully saturated rings. The predicted octanol–water partition coefficient (Wildman–Crippen LogP) is 5.52. The lowest BCUT2D eigenvalue weighted by Crippen LogP contribution is -2.18.